The van der Waals surface area contributed by atoms with Gasteiger partial charge >= 0.3 is 5.69 Å². The lowest BCUT2D eigenvalue weighted by molar-refractivity contribution is -0.385. The van der Waals surface area contributed by atoms with Crippen LogP contribution in [0.1, 0.15) is 5.69 Å². The number of hydrogen-bond donors (Lipinski definition) is 0. The van der Waals surface area contributed by atoms with Crippen molar-refractivity contribution < 1.29 is 9.34 Å². The summed E-state index contributed by atoms with van der Waals surface area (Å²) in [6.07, 6.45) is 0. The minimum absolute atomic E-state index is 0.221. The van der Waals surface area contributed by atoms with Gasteiger partial charge in [0.15, 0.2) is 0 Å². The van der Waals surface area contributed by atoms with Crippen LogP contribution in [0.25, 0.3) is 11.5 Å². The van der Waals surface area contributed by atoms with Crippen LogP contribution in [0.4, 0.5) is 5.69 Å². The molecule has 8 nitrogen and oxygen atoms in total. The second kappa shape index (κ2) is 6.77. The van der Waals surface area contributed by atoms with Crippen molar-refractivity contribution in [3.8, 4) is 17.5 Å². The van der Waals surface area contributed by atoms with Crippen molar-refractivity contribution >= 4 is 33.4 Å². The predicted octanol–water partition coefficient (Wildman–Crippen LogP) is 3.83. The molecule has 1 aromatic carbocycles. The summed E-state index contributed by atoms with van der Waals surface area (Å²) in [7, 11) is 0. The summed E-state index contributed by atoms with van der Waals surface area (Å²) in [5.41, 5.74) is 0.146. The molecule has 0 N–H and O–H groups in total. The third-order valence-corrected chi connectivity index (χ3v) is 4.15. The summed E-state index contributed by atoms with van der Waals surface area (Å²) >= 11 is 4.37. The van der Waals surface area contributed by atoms with Gasteiger partial charge in [0.1, 0.15) is 11.1 Å². The first-order chi connectivity index (χ1) is 11.6. The molecule has 0 fully saturated rings. The first-order valence-electron chi connectivity index (χ1n) is 6.39. The Morgan fingerprint density at radius 2 is 1.96 bits per heavy atom. The Morgan fingerprint density at radius 3 is 2.62 bits per heavy atom. The topological polar surface area (TPSA) is 119 Å². The molecule has 0 saturated carbocycles. The van der Waals surface area contributed by atoms with E-state index >= 15 is 0 Å². The normalized spacial score (nSPS) is 10.3. The van der Waals surface area contributed by atoms with Crippen molar-refractivity contribution in [2.75, 3.05) is 0 Å². The van der Waals surface area contributed by atoms with Gasteiger partial charge in [-0.05, 0) is 42.1 Å². The molecular weight excluding hydrogens is 398 g/mol. The number of halogens is 1. The maximum absolute atomic E-state index is 10.8. The van der Waals surface area contributed by atoms with Crippen molar-refractivity contribution in [3.63, 3.8) is 0 Å². The second-order valence-electron chi connectivity index (χ2n) is 4.37. The molecule has 3 rings (SSSR count). The standard InChI is InChI=1S/C14H6BrN5O3S/c15-9-3-1-8(2-4-9)13-18-19-14(23-13)24-12-6-5-11(20(21)22)10(7-16)17-12/h1-6H. The third kappa shape index (κ3) is 3.42. The summed E-state index contributed by atoms with van der Waals surface area (Å²) < 4.78 is 6.46. The number of hydrogen-bond acceptors (Lipinski definition) is 8. The number of pyridine rings is 1. The van der Waals surface area contributed by atoms with Gasteiger partial charge in [0.05, 0.1) is 4.92 Å². The van der Waals surface area contributed by atoms with Gasteiger partial charge in [-0.3, -0.25) is 10.1 Å². The summed E-state index contributed by atoms with van der Waals surface area (Å²) in [5, 5.41) is 28.2. The zero-order chi connectivity index (χ0) is 17.1. The zero-order valence-electron chi connectivity index (χ0n) is 11.7. The Hall–Kier alpha value is -2.77. The smallest absolute Gasteiger partial charge is 0.305 e. The number of aromatic nitrogens is 3. The van der Waals surface area contributed by atoms with Crippen LogP contribution in [0, 0.1) is 21.4 Å². The molecule has 0 aliphatic heterocycles. The molecule has 0 unspecified atom stereocenters. The van der Waals surface area contributed by atoms with Crippen LogP contribution < -0.4 is 0 Å². The Morgan fingerprint density at radius 1 is 1.21 bits per heavy atom. The van der Waals surface area contributed by atoms with Crippen LogP contribution in [0.15, 0.2) is 55.5 Å². The molecule has 118 valence electrons. The summed E-state index contributed by atoms with van der Waals surface area (Å²) in [6.45, 7) is 0. The van der Waals surface area contributed by atoms with Gasteiger partial charge in [0.2, 0.25) is 11.6 Å². The van der Waals surface area contributed by atoms with Gasteiger partial charge in [-0.15, -0.1) is 10.2 Å². The molecule has 0 saturated heterocycles. The number of rotatable bonds is 4. The minimum Gasteiger partial charge on any atom is -0.411 e. The lowest BCUT2D eigenvalue weighted by Crippen LogP contribution is -1.95. The first-order valence-corrected chi connectivity index (χ1v) is 8.00. The SMILES string of the molecule is N#Cc1nc(Sc2nnc(-c3ccc(Br)cc3)o2)ccc1[N+](=O)[O-]. The fourth-order valence-corrected chi connectivity index (χ4v) is 2.69. The molecule has 0 amide bonds. The van der Waals surface area contributed by atoms with Crippen molar-refractivity contribution in [1.82, 2.24) is 15.2 Å². The molecule has 0 aliphatic rings. The minimum atomic E-state index is -0.654. The van der Waals surface area contributed by atoms with Gasteiger partial charge in [-0.1, -0.05) is 15.9 Å². The highest BCUT2D eigenvalue weighted by Crippen LogP contribution is 2.30. The van der Waals surface area contributed by atoms with Crippen LogP contribution in [0.2, 0.25) is 0 Å². The third-order valence-electron chi connectivity index (χ3n) is 2.84. The van der Waals surface area contributed by atoms with E-state index in [0.29, 0.717) is 10.9 Å². The van der Waals surface area contributed by atoms with Gasteiger partial charge in [-0.25, -0.2) is 4.98 Å². The number of benzene rings is 1. The van der Waals surface area contributed by atoms with Gasteiger partial charge in [-0.2, -0.15) is 5.26 Å². The van der Waals surface area contributed by atoms with Crippen LogP contribution in [0.3, 0.4) is 0 Å². The van der Waals surface area contributed by atoms with E-state index in [1.54, 1.807) is 6.07 Å². The summed E-state index contributed by atoms with van der Waals surface area (Å²) in [5.74, 6) is 0.340. The number of nitriles is 1. The Labute approximate surface area is 147 Å². The Kier molecular flexibility index (Phi) is 4.54. The molecule has 3 aromatic rings. The first kappa shape index (κ1) is 16.1. The van der Waals surface area contributed by atoms with E-state index in [4.69, 9.17) is 9.68 Å². The molecule has 2 aromatic heterocycles. The summed E-state index contributed by atoms with van der Waals surface area (Å²) in [6, 6.07) is 11.7. The van der Waals surface area contributed by atoms with E-state index in [1.807, 2.05) is 24.3 Å². The average Bonchev–Trinajstić information content (AvgIpc) is 3.03. The van der Waals surface area contributed by atoms with Crippen molar-refractivity contribution in [2.45, 2.75) is 10.2 Å². The molecule has 0 radical (unpaired) electrons. The number of nitro groups is 1. The quantitative estimate of drug-likeness (QED) is 0.476. The lowest BCUT2D eigenvalue weighted by atomic mass is 10.2. The Bertz CT molecular complexity index is 952. The van der Waals surface area contributed by atoms with Crippen LogP contribution >= 0.6 is 27.7 Å². The van der Waals surface area contributed by atoms with E-state index in [0.717, 1.165) is 21.8 Å². The lowest BCUT2D eigenvalue weighted by Gasteiger charge is -1.98. The Balaban J connectivity index is 1.84. The second-order valence-corrected chi connectivity index (χ2v) is 6.26. The molecule has 0 atom stereocenters. The van der Waals surface area contributed by atoms with E-state index in [1.165, 1.54) is 12.1 Å². The molecule has 24 heavy (non-hydrogen) atoms. The molecule has 0 spiro atoms. The van der Waals surface area contributed by atoms with E-state index in [2.05, 4.69) is 31.1 Å². The fourth-order valence-electron chi connectivity index (χ4n) is 1.77. The number of nitrogens with zero attached hydrogens (tertiary/aromatic N) is 5. The van der Waals surface area contributed by atoms with Crippen molar-refractivity contribution in [3.05, 3.63) is 56.7 Å². The monoisotopic (exact) mass is 403 g/mol. The molecule has 10 heteroatoms. The van der Waals surface area contributed by atoms with E-state index < -0.39 is 4.92 Å². The van der Waals surface area contributed by atoms with Crippen molar-refractivity contribution in [2.24, 2.45) is 0 Å². The molecule has 2 heterocycles. The van der Waals surface area contributed by atoms with E-state index in [-0.39, 0.29) is 16.6 Å². The molecular formula is C14H6BrN5O3S. The fraction of sp³-hybridized carbons (Fsp3) is 0. The average molecular weight is 404 g/mol. The van der Waals surface area contributed by atoms with Gasteiger partial charge in [0.25, 0.3) is 5.22 Å². The van der Waals surface area contributed by atoms with Gasteiger partial charge < -0.3 is 4.42 Å². The molecule has 0 bridgehead atoms. The predicted molar refractivity (Wildman–Crippen MR) is 87.2 cm³/mol. The van der Waals surface area contributed by atoms with Crippen LogP contribution in [-0.2, 0) is 0 Å². The summed E-state index contributed by atoms with van der Waals surface area (Å²) in [4.78, 5) is 14.1. The van der Waals surface area contributed by atoms with Gasteiger partial charge in [0, 0.05) is 16.1 Å². The highest BCUT2D eigenvalue weighted by molar-refractivity contribution is 9.10. The maximum Gasteiger partial charge on any atom is 0.305 e. The van der Waals surface area contributed by atoms with Crippen LogP contribution in [-0.4, -0.2) is 20.1 Å². The van der Waals surface area contributed by atoms with Crippen LogP contribution in [0.5, 0.6) is 0 Å². The van der Waals surface area contributed by atoms with Crippen molar-refractivity contribution in [1.29, 1.82) is 5.26 Å². The molecule has 0 aliphatic carbocycles. The zero-order valence-corrected chi connectivity index (χ0v) is 14.1. The highest BCUT2D eigenvalue weighted by atomic mass is 79.9. The largest absolute Gasteiger partial charge is 0.411 e. The van der Waals surface area contributed by atoms with E-state index in [9.17, 15) is 10.1 Å². The highest BCUT2D eigenvalue weighted by Gasteiger charge is 2.17. The maximum atomic E-state index is 10.8.